The SMILES string of the molecule is CCCC(=O)OCN(C(=O)[C@@H](NC(=O)[C@H]1CCCCN1C)[C@@H](C)CC)[C@H](C[C@@H](OC(C)=O)c1nc(C(=O)N[C@@H](Cc2ccc(OC(=O)C(NC(=O)CCNC(=O)OCC(OC)OC(CC)CO)C(C)C)cc2)C[C@H](C)C(=O)O)cs1)C(C)C. The molecule has 0 radical (unpaired) electrons. The zero-order chi connectivity index (χ0) is 61.9. The molecule has 1 saturated heterocycles. The van der Waals surface area contributed by atoms with E-state index in [0.717, 1.165) is 30.7 Å². The number of thiazole rings is 1. The number of likely N-dealkylation sites (tertiary alicyclic amines) is 1. The van der Waals surface area contributed by atoms with Gasteiger partial charge in [-0.1, -0.05) is 87.3 Å². The summed E-state index contributed by atoms with van der Waals surface area (Å²) in [7, 11) is 3.25. The molecule has 24 nitrogen and oxygen atoms in total. The van der Waals surface area contributed by atoms with Gasteiger partial charge in [-0.3, -0.25) is 38.5 Å². The van der Waals surface area contributed by atoms with Crippen LogP contribution in [0.3, 0.4) is 0 Å². The van der Waals surface area contributed by atoms with Gasteiger partial charge in [-0.25, -0.2) is 14.6 Å². The largest absolute Gasteiger partial charge is 0.481 e. The molecule has 2 heterocycles. The van der Waals surface area contributed by atoms with Gasteiger partial charge < -0.3 is 64.8 Å². The molecule has 1 aromatic carbocycles. The molecular weight excluding hydrogens is 1100 g/mol. The number of amides is 5. The lowest BCUT2D eigenvalue weighted by atomic mass is 9.92. The van der Waals surface area contributed by atoms with Crippen LogP contribution in [-0.4, -0.2) is 168 Å². The summed E-state index contributed by atoms with van der Waals surface area (Å²) in [5.41, 5.74) is 0.609. The first-order valence-electron chi connectivity index (χ1n) is 28.8. The first-order chi connectivity index (χ1) is 39.3. The standard InChI is InChI=1S/C58H91N7O17S/c1-13-18-48(69)79-33-65(55(72)51(36(8)14-2)63-53(71)44-19-16-17-26-64(44)11)45(34(4)5)29-46(80-38(10)67)54-61-43(32-83-54)52(70)60-40(27-37(9)56(73)74)28-39-20-22-42(23-21-39)82-57(75)50(35(6)7)62-47(68)24-25-59-58(76)78-31-49(77-12)81-41(15-3)30-66/h20-23,32,34-37,40-41,44-46,49-51,66H,13-19,24-31,33H2,1-12H3,(H,59,76)(H,60,70)(H,62,68)(H,63,71)(H,73,74)/t36-,37-,40+,41?,44+,45+,46+,49?,50?,51-/m0/s1. The van der Waals surface area contributed by atoms with Crippen molar-refractivity contribution in [3.63, 3.8) is 0 Å². The molecule has 25 heteroatoms. The number of alkyl carbamates (subject to hydrolysis) is 1. The Morgan fingerprint density at radius 3 is 2.14 bits per heavy atom. The number of aliphatic hydroxyl groups excluding tert-OH is 1. The molecular formula is C58H91N7O17S. The zero-order valence-electron chi connectivity index (χ0n) is 50.4. The Hall–Kier alpha value is -6.28. The summed E-state index contributed by atoms with van der Waals surface area (Å²) in [6, 6.07) is 2.42. The van der Waals surface area contributed by atoms with Crippen molar-refractivity contribution < 1.29 is 81.8 Å². The lowest BCUT2D eigenvalue weighted by Crippen LogP contribution is -2.59. The molecule has 6 N–H and O–H groups in total. The van der Waals surface area contributed by atoms with Crippen LogP contribution in [0.1, 0.15) is 161 Å². The summed E-state index contributed by atoms with van der Waals surface area (Å²) >= 11 is 1.05. The van der Waals surface area contributed by atoms with Crippen LogP contribution in [0.25, 0.3) is 0 Å². The van der Waals surface area contributed by atoms with E-state index >= 15 is 0 Å². The molecule has 1 aliphatic rings. The van der Waals surface area contributed by atoms with E-state index in [1.54, 1.807) is 26.0 Å². The van der Waals surface area contributed by atoms with E-state index in [-0.39, 0.29) is 86.1 Å². The molecule has 3 rings (SSSR count). The van der Waals surface area contributed by atoms with Crippen molar-refractivity contribution in [3.8, 4) is 5.75 Å². The highest BCUT2D eigenvalue weighted by Gasteiger charge is 2.40. The Kier molecular flexibility index (Phi) is 31.2. The smallest absolute Gasteiger partial charge is 0.407 e. The number of hydrogen-bond donors (Lipinski definition) is 6. The molecule has 83 heavy (non-hydrogen) atoms. The lowest BCUT2D eigenvalue weighted by Gasteiger charge is -2.39. The van der Waals surface area contributed by atoms with Crippen LogP contribution in [0.4, 0.5) is 4.79 Å². The predicted octanol–water partition coefficient (Wildman–Crippen LogP) is 5.68. The number of carbonyl (C=O) groups is 9. The van der Waals surface area contributed by atoms with Crippen molar-refractivity contribution in [1.82, 2.24) is 36.1 Å². The van der Waals surface area contributed by atoms with Crippen LogP contribution in [0.2, 0.25) is 0 Å². The minimum Gasteiger partial charge on any atom is -0.481 e. The highest BCUT2D eigenvalue weighted by Crippen LogP contribution is 2.32. The van der Waals surface area contributed by atoms with Crippen molar-refractivity contribution in [3.05, 3.63) is 45.9 Å². The van der Waals surface area contributed by atoms with Gasteiger partial charge >= 0.3 is 30.0 Å². The fourth-order valence-electron chi connectivity index (χ4n) is 9.18. The van der Waals surface area contributed by atoms with Gasteiger partial charge in [-0.2, -0.15) is 0 Å². The third kappa shape index (κ3) is 24.1. The van der Waals surface area contributed by atoms with Crippen LogP contribution >= 0.6 is 11.3 Å². The number of rotatable bonds is 36. The van der Waals surface area contributed by atoms with E-state index in [2.05, 4.69) is 26.3 Å². The number of carboxylic acids is 1. The third-order valence-electron chi connectivity index (χ3n) is 14.4. The predicted molar refractivity (Wildman–Crippen MR) is 306 cm³/mol. The molecule has 0 saturated carbocycles. The Balaban J connectivity index is 1.78. The number of methoxy groups -OCH3 is 1. The quantitative estimate of drug-likeness (QED) is 0.0207. The molecule has 0 spiro atoms. The van der Waals surface area contributed by atoms with Crippen LogP contribution in [0, 0.1) is 23.7 Å². The number of aliphatic carboxylic acids is 1. The number of hydrogen-bond acceptors (Lipinski definition) is 19. The van der Waals surface area contributed by atoms with Crippen LogP contribution in [-0.2, 0) is 63.7 Å². The summed E-state index contributed by atoms with van der Waals surface area (Å²) in [5.74, 6) is -6.67. The van der Waals surface area contributed by atoms with Crippen molar-refractivity contribution in [1.29, 1.82) is 0 Å². The Bertz CT molecular complexity index is 2400. The minimum atomic E-state index is -1.09. The molecule has 1 aliphatic heterocycles. The number of aromatic nitrogens is 1. The summed E-state index contributed by atoms with van der Waals surface area (Å²) in [5, 5.41) is 32.0. The Labute approximate surface area is 492 Å². The van der Waals surface area contributed by atoms with E-state index in [4.69, 9.17) is 28.4 Å². The number of benzene rings is 1. The van der Waals surface area contributed by atoms with Crippen LogP contribution in [0.5, 0.6) is 5.75 Å². The number of carboxylic acid groups (broad SMARTS) is 1. The number of nitrogens with zero attached hydrogens (tertiary/aromatic N) is 3. The minimum absolute atomic E-state index is 0.0175. The highest BCUT2D eigenvalue weighted by molar-refractivity contribution is 7.09. The topological polar surface area (TPSA) is 317 Å². The molecule has 10 atom stereocenters. The van der Waals surface area contributed by atoms with E-state index < -0.39 is 115 Å². The summed E-state index contributed by atoms with van der Waals surface area (Å²) < 4.78 is 32.9. The first kappa shape index (κ1) is 71.0. The maximum atomic E-state index is 14.9. The second kappa shape index (κ2) is 36.4. The number of ether oxygens (including phenoxy) is 6. The molecule has 0 bridgehead atoms. The highest BCUT2D eigenvalue weighted by atomic mass is 32.1. The van der Waals surface area contributed by atoms with Gasteiger partial charge in [-0.05, 0) is 87.6 Å². The van der Waals surface area contributed by atoms with Gasteiger partial charge in [0.05, 0.1) is 24.7 Å². The number of nitrogens with one attached hydrogen (secondary N) is 4. The van der Waals surface area contributed by atoms with Gasteiger partial charge in [0.2, 0.25) is 17.7 Å². The van der Waals surface area contributed by atoms with E-state index in [9.17, 15) is 53.4 Å². The third-order valence-corrected chi connectivity index (χ3v) is 15.3. The fourth-order valence-corrected chi connectivity index (χ4v) is 10.0. The average molecular weight is 1190 g/mol. The van der Waals surface area contributed by atoms with Gasteiger partial charge in [-0.15, -0.1) is 11.3 Å². The van der Waals surface area contributed by atoms with Crippen molar-refractivity contribution in [2.75, 3.05) is 47.2 Å². The van der Waals surface area contributed by atoms with Crippen molar-refractivity contribution in [2.45, 2.75) is 189 Å². The van der Waals surface area contributed by atoms with E-state index in [1.165, 1.54) is 43.4 Å². The Morgan fingerprint density at radius 1 is 0.867 bits per heavy atom. The number of piperidine rings is 1. The van der Waals surface area contributed by atoms with Gasteiger partial charge in [0.15, 0.2) is 19.1 Å². The second-order valence-electron chi connectivity index (χ2n) is 21.8. The number of aliphatic hydroxyl groups is 1. The normalized spacial score (nSPS) is 16.8. The molecule has 1 fully saturated rings. The molecule has 5 amide bonds. The van der Waals surface area contributed by atoms with Crippen LogP contribution < -0.4 is 26.0 Å². The lowest BCUT2D eigenvalue weighted by molar-refractivity contribution is -0.181. The maximum absolute atomic E-state index is 14.9. The van der Waals surface area contributed by atoms with Gasteiger partial charge in [0, 0.05) is 57.3 Å². The fraction of sp³-hybridized carbons (Fsp3) is 0.690. The molecule has 3 unspecified atom stereocenters. The monoisotopic (exact) mass is 1190 g/mol. The second-order valence-corrected chi connectivity index (χ2v) is 22.7. The van der Waals surface area contributed by atoms with Crippen molar-refractivity contribution >= 4 is 64.9 Å². The van der Waals surface area contributed by atoms with E-state index in [1.807, 2.05) is 53.5 Å². The van der Waals surface area contributed by atoms with Crippen LogP contribution in [0.15, 0.2) is 29.6 Å². The number of likely N-dealkylation sites (N-methyl/N-ethyl adjacent to an activating group) is 1. The molecule has 466 valence electrons. The van der Waals surface area contributed by atoms with Gasteiger partial charge in [0.25, 0.3) is 5.91 Å². The maximum Gasteiger partial charge on any atom is 0.407 e. The summed E-state index contributed by atoms with van der Waals surface area (Å²) in [6.45, 7) is 17.1. The molecule has 1 aromatic heterocycles. The molecule has 2 aromatic rings. The molecule has 0 aliphatic carbocycles. The summed E-state index contributed by atoms with van der Waals surface area (Å²) in [4.78, 5) is 127. The number of esters is 3. The van der Waals surface area contributed by atoms with E-state index in [0.29, 0.717) is 31.2 Å². The van der Waals surface area contributed by atoms with Gasteiger partial charge in [0.1, 0.15) is 35.1 Å². The average Bonchev–Trinajstić information content (AvgIpc) is 4.17. The first-order valence-corrected chi connectivity index (χ1v) is 29.7. The Morgan fingerprint density at radius 2 is 1.57 bits per heavy atom. The summed E-state index contributed by atoms with van der Waals surface area (Å²) in [6.07, 6.45) is 0.812. The van der Waals surface area contributed by atoms with Crippen molar-refractivity contribution in [2.24, 2.45) is 23.7 Å². The number of carbonyl (C=O) groups excluding carboxylic acids is 8. The zero-order valence-corrected chi connectivity index (χ0v) is 51.2.